The normalized spacial score (nSPS) is 12.0. The Morgan fingerprint density at radius 2 is 1.82 bits per heavy atom. The smallest absolute Gasteiger partial charge is 0.173 e. The van der Waals surface area contributed by atoms with Crippen LogP contribution in [0.5, 0.6) is 0 Å². The van der Waals surface area contributed by atoms with Crippen molar-refractivity contribution < 1.29 is 8.78 Å². The third-order valence-electron chi connectivity index (χ3n) is 5.33. The highest BCUT2D eigenvalue weighted by Gasteiger charge is 2.14. The fourth-order valence-electron chi connectivity index (χ4n) is 3.69. The van der Waals surface area contributed by atoms with Crippen molar-refractivity contribution in [2.75, 3.05) is 10.7 Å². The highest BCUT2D eigenvalue weighted by molar-refractivity contribution is 5.77. The summed E-state index contributed by atoms with van der Waals surface area (Å²) in [4.78, 5) is 12.5. The maximum Gasteiger partial charge on any atom is 0.173 e. The lowest BCUT2D eigenvalue weighted by atomic mass is 10.0. The Labute approximate surface area is 189 Å². The summed E-state index contributed by atoms with van der Waals surface area (Å²) in [7, 11) is 0. The van der Waals surface area contributed by atoms with E-state index in [4.69, 9.17) is 0 Å². The summed E-state index contributed by atoms with van der Waals surface area (Å²) < 4.78 is 29.9. The van der Waals surface area contributed by atoms with Gasteiger partial charge in [0.1, 0.15) is 11.5 Å². The number of nitrogens with zero attached hydrogens (tertiary/aromatic N) is 3. The molecular weight excluding hydrogens is 422 g/mol. The van der Waals surface area contributed by atoms with Crippen LogP contribution in [0.4, 0.5) is 20.3 Å². The van der Waals surface area contributed by atoms with Crippen LogP contribution in [0.3, 0.4) is 0 Å². The molecule has 4 aromatic rings. The number of aromatic nitrogens is 3. The number of rotatable bonds is 5. The number of benzene rings is 1. The summed E-state index contributed by atoms with van der Waals surface area (Å²) in [6.07, 6.45) is 8.42. The highest BCUT2D eigenvalue weighted by atomic mass is 19.1. The third kappa shape index (κ3) is 4.23. The molecule has 1 aliphatic rings. The second-order valence-electron chi connectivity index (χ2n) is 7.64. The maximum atomic E-state index is 15.2. The number of anilines is 2. The van der Waals surface area contributed by atoms with Crippen LogP contribution in [0.25, 0.3) is 28.5 Å². The SMILES string of the molecule is Cc1cc(-c2ncc(CNc3nccc(-c4ccc5c(c4)C=CNN5)c3F)cc2F)ccn1. The molecule has 6 nitrogen and oxygen atoms in total. The van der Waals surface area contributed by atoms with E-state index in [1.165, 1.54) is 6.07 Å². The summed E-state index contributed by atoms with van der Waals surface area (Å²) >= 11 is 0. The number of nitrogens with one attached hydrogen (secondary N) is 3. The molecule has 0 aliphatic carbocycles. The number of pyridine rings is 3. The first-order valence-corrected chi connectivity index (χ1v) is 10.4. The van der Waals surface area contributed by atoms with Crippen LogP contribution in [0.1, 0.15) is 16.8 Å². The molecule has 4 heterocycles. The van der Waals surface area contributed by atoms with Crippen molar-refractivity contribution in [1.82, 2.24) is 20.4 Å². The Kier molecular flexibility index (Phi) is 5.40. The monoisotopic (exact) mass is 442 g/mol. The van der Waals surface area contributed by atoms with Gasteiger partial charge in [0, 0.05) is 53.7 Å². The fourth-order valence-corrected chi connectivity index (χ4v) is 3.69. The lowest BCUT2D eigenvalue weighted by molar-refractivity contribution is 0.622. The van der Waals surface area contributed by atoms with Crippen molar-refractivity contribution in [3.05, 3.63) is 95.7 Å². The van der Waals surface area contributed by atoms with Crippen molar-refractivity contribution in [1.29, 1.82) is 0 Å². The molecule has 0 saturated carbocycles. The summed E-state index contributed by atoms with van der Waals surface area (Å²) in [5.41, 5.74) is 11.2. The Morgan fingerprint density at radius 3 is 2.67 bits per heavy atom. The first kappa shape index (κ1) is 20.6. The fraction of sp³-hybridized carbons (Fsp3) is 0.0800. The zero-order valence-electron chi connectivity index (χ0n) is 17.7. The number of fused-ring (bicyclic) bond motifs is 1. The van der Waals surface area contributed by atoms with E-state index in [-0.39, 0.29) is 18.1 Å². The molecule has 164 valence electrons. The summed E-state index contributed by atoms with van der Waals surface area (Å²) in [5, 5.41) is 2.96. The van der Waals surface area contributed by atoms with Gasteiger partial charge in [-0.15, -0.1) is 0 Å². The molecule has 8 heteroatoms. The maximum absolute atomic E-state index is 15.2. The second kappa shape index (κ2) is 8.66. The standard InChI is InChI=1S/C25H20F2N6/c1-15-10-19(4-7-28-15)24-21(26)11-16(13-30-24)14-31-25-23(27)20(6-8-29-25)17-2-3-22-18(12-17)5-9-32-33-22/h2-13,32-33H,14H2,1H3,(H,29,31). The van der Waals surface area contributed by atoms with Gasteiger partial charge in [0.05, 0.1) is 5.69 Å². The van der Waals surface area contributed by atoms with E-state index in [0.29, 0.717) is 16.7 Å². The lowest BCUT2D eigenvalue weighted by Gasteiger charge is -2.16. The minimum atomic E-state index is -0.472. The Balaban J connectivity index is 1.36. The van der Waals surface area contributed by atoms with Gasteiger partial charge in [0.2, 0.25) is 0 Å². The van der Waals surface area contributed by atoms with Crippen molar-refractivity contribution in [3.8, 4) is 22.4 Å². The van der Waals surface area contributed by atoms with E-state index in [0.717, 1.165) is 22.5 Å². The zero-order chi connectivity index (χ0) is 22.8. The van der Waals surface area contributed by atoms with E-state index in [2.05, 4.69) is 31.1 Å². The quantitative estimate of drug-likeness (QED) is 0.389. The molecule has 0 spiro atoms. The molecule has 1 aliphatic heterocycles. The molecule has 3 N–H and O–H groups in total. The first-order valence-electron chi connectivity index (χ1n) is 10.4. The third-order valence-corrected chi connectivity index (χ3v) is 5.33. The van der Waals surface area contributed by atoms with Gasteiger partial charge in [-0.2, -0.15) is 0 Å². The molecule has 0 bridgehead atoms. The van der Waals surface area contributed by atoms with Crippen molar-refractivity contribution >= 4 is 17.6 Å². The summed E-state index contributed by atoms with van der Waals surface area (Å²) in [6, 6.07) is 12.1. The molecular formula is C25H20F2N6. The van der Waals surface area contributed by atoms with E-state index < -0.39 is 11.6 Å². The number of hydrazine groups is 1. The van der Waals surface area contributed by atoms with Gasteiger partial charge in [0.15, 0.2) is 11.6 Å². The van der Waals surface area contributed by atoms with E-state index in [1.807, 2.05) is 31.2 Å². The number of hydrogen-bond acceptors (Lipinski definition) is 6. The van der Waals surface area contributed by atoms with Crippen LogP contribution in [0, 0.1) is 18.6 Å². The minimum Gasteiger partial charge on any atom is -0.363 e. The van der Waals surface area contributed by atoms with Gasteiger partial charge < -0.3 is 16.2 Å². The Morgan fingerprint density at radius 1 is 0.939 bits per heavy atom. The molecule has 0 radical (unpaired) electrons. The lowest BCUT2D eigenvalue weighted by Crippen LogP contribution is -2.17. The van der Waals surface area contributed by atoms with Crippen LogP contribution in [-0.4, -0.2) is 15.0 Å². The van der Waals surface area contributed by atoms with Crippen molar-refractivity contribution in [2.24, 2.45) is 0 Å². The molecule has 0 unspecified atom stereocenters. The molecule has 1 aromatic carbocycles. The van der Waals surface area contributed by atoms with E-state index >= 15 is 4.39 Å². The second-order valence-corrected chi connectivity index (χ2v) is 7.64. The number of halogens is 2. The largest absolute Gasteiger partial charge is 0.363 e. The Bertz CT molecular complexity index is 1370. The molecule has 0 amide bonds. The molecule has 0 saturated heterocycles. The predicted molar refractivity (Wildman–Crippen MR) is 125 cm³/mol. The average Bonchev–Trinajstić information content (AvgIpc) is 2.83. The van der Waals surface area contributed by atoms with Crippen LogP contribution < -0.4 is 16.2 Å². The molecule has 33 heavy (non-hydrogen) atoms. The van der Waals surface area contributed by atoms with E-state index in [1.54, 1.807) is 43.0 Å². The number of aryl methyl sites for hydroxylation is 1. The van der Waals surface area contributed by atoms with Gasteiger partial charge in [0.25, 0.3) is 0 Å². The van der Waals surface area contributed by atoms with Crippen LogP contribution in [0.2, 0.25) is 0 Å². The Hall–Kier alpha value is -4.33. The first-order chi connectivity index (χ1) is 16.1. The van der Waals surface area contributed by atoms with Crippen molar-refractivity contribution in [3.63, 3.8) is 0 Å². The summed E-state index contributed by atoms with van der Waals surface area (Å²) in [5.74, 6) is -0.831. The van der Waals surface area contributed by atoms with E-state index in [9.17, 15) is 4.39 Å². The van der Waals surface area contributed by atoms with Crippen LogP contribution in [0.15, 0.2) is 67.3 Å². The minimum absolute atomic E-state index is 0.0924. The summed E-state index contributed by atoms with van der Waals surface area (Å²) in [6.45, 7) is 2.01. The molecule has 0 atom stereocenters. The van der Waals surface area contributed by atoms with Gasteiger partial charge in [-0.1, -0.05) is 6.07 Å². The molecule has 5 rings (SSSR count). The van der Waals surface area contributed by atoms with Gasteiger partial charge in [-0.05, 0) is 60.5 Å². The molecule has 0 fully saturated rings. The van der Waals surface area contributed by atoms with Crippen LogP contribution in [-0.2, 0) is 6.54 Å². The van der Waals surface area contributed by atoms with Gasteiger partial charge >= 0.3 is 0 Å². The predicted octanol–water partition coefficient (Wildman–Crippen LogP) is 5.31. The molecule has 3 aromatic heterocycles. The number of hydrogen-bond donors (Lipinski definition) is 3. The van der Waals surface area contributed by atoms with Gasteiger partial charge in [-0.25, -0.2) is 13.8 Å². The van der Waals surface area contributed by atoms with Gasteiger partial charge in [-0.3, -0.25) is 9.97 Å². The zero-order valence-corrected chi connectivity index (χ0v) is 17.7. The topological polar surface area (TPSA) is 74.8 Å². The average molecular weight is 442 g/mol. The highest BCUT2D eigenvalue weighted by Crippen LogP contribution is 2.31. The van der Waals surface area contributed by atoms with Crippen LogP contribution >= 0.6 is 0 Å². The van der Waals surface area contributed by atoms with Crippen molar-refractivity contribution in [2.45, 2.75) is 13.5 Å².